The van der Waals surface area contributed by atoms with Crippen LogP contribution in [0.5, 0.6) is 0 Å². The summed E-state index contributed by atoms with van der Waals surface area (Å²) in [5.74, 6) is 1.94. The summed E-state index contributed by atoms with van der Waals surface area (Å²) < 4.78 is 0. The molecule has 0 aromatic rings. The Morgan fingerprint density at radius 3 is 2.62 bits per heavy atom. The molecule has 2 fully saturated rings. The molecule has 1 N–H and O–H groups in total. The summed E-state index contributed by atoms with van der Waals surface area (Å²) in [6.45, 7) is 9.93. The first-order valence-electron chi connectivity index (χ1n) is 7.23. The van der Waals surface area contributed by atoms with Crippen molar-refractivity contribution in [3.05, 3.63) is 0 Å². The predicted octanol–water partition coefficient (Wildman–Crippen LogP) is 2.50. The zero-order valence-electron chi connectivity index (χ0n) is 11.0. The lowest BCUT2D eigenvalue weighted by atomic mass is 9.89. The van der Waals surface area contributed by atoms with Crippen molar-refractivity contribution in [2.75, 3.05) is 26.2 Å². The Hall–Kier alpha value is -0.0800. The molecule has 2 aliphatic heterocycles. The number of likely N-dealkylation sites (tertiary alicyclic amines) is 1. The van der Waals surface area contributed by atoms with Crippen LogP contribution in [0, 0.1) is 11.8 Å². The minimum atomic E-state index is 0.770. The highest BCUT2D eigenvalue weighted by molar-refractivity contribution is 4.82. The Balaban J connectivity index is 1.72. The lowest BCUT2D eigenvalue weighted by Crippen LogP contribution is -2.47. The SMILES string of the molecule is CCC1CCNC(CN2CCC(C)CC2)C1. The van der Waals surface area contributed by atoms with E-state index in [9.17, 15) is 0 Å². The van der Waals surface area contributed by atoms with Crippen LogP contribution in [0.1, 0.15) is 46.0 Å². The molecule has 0 saturated carbocycles. The second kappa shape index (κ2) is 6.02. The molecular formula is C14H28N2. The minimum Gasteiger partial charge on any atom is -0.313 e. The van der Waals surface area contributed by atoms with Crippen LogP contribution in [-0.4, -0.2) is 37.1 Å². The Labute approximate surface area is 101 Å². The van der Waals surface area contributed by atoms with Crippen LogP contribution in [0.3, 0.4) is 0 Å². The first-order valence-corrected chi connectivity index (χ1v) is 7.23. The van der Waals surface area contributed by atoms with E-state index in [1.807, 2.05) is 0 Å². The highest BCUT2D eigenvalue weighted by Gasteiger charge is 2.23. The molecular weight excluding hydrogens is 196 g/mol. The van der Waals surface area contributed by atoms with Crippen molar-refractivity contribution in [3.8, 4) is 0 Å². The highest BCUT2D eigenvalue weighted by Crippen LogP contribution is 2.21. The molecule has 0 aromatic carbocycles. The fourth-order valence-electron chi connectivity index (χ4n) is 3.16. The second-order valence-electron chi connectivity index (χ2n) is 5.93. The maximum Gasteiger partial charge on any atom is 0.0197 e. The molecule has 0 aliphatic carbocycles. The zero-order valence-corrected chi connectivity index (χ0v) is 11.0. The summed E-state index contributed by atoms with van der Waals surface area (Å²) in [5, 5.41) is 3.70. The number of nitrogens with zero attached hydrogens (tertiary/aromatic N) is 1. The van der Waals surface area contributed by atoms with Crippen LogP contribution in [0.25, 0.3) is 0 Å². The Morgan fingerprint density at radius 1 is 1.19 bits per heavy atom. The molecule has 2 heterocycles. The lowest BCUT2D eigenvalue weighted by molar-refractivity contribution is 0.154. The van der Waals surface area contributed by atoms with Gasteiger partial charge in [-0.1, -0.05) is 20.3 Å². The summed E-state index contributed by atoms with van der Waals surface area (Å²) in [5.41, 5.74) is 0. The van der Waals surface area contributed by atoms with Gasteiger partial charge in [0.15, 0.2) is 0 Å². The summed E-state index contributed by atoms with van der Waals surface area (Å²) in [7, 11) is 0. The third-order valence-corrected chi connectivity index (χ3v) is 4.54. The van der Waals surface area contributed by atoms with E-state index in [1.54, 1.807) is 0 Å². The lowest BCUT2D eigenvalue weighted by Gasteiger charge is -2.36. The molecule has 2 heteroatoms. The molecule has 2 atom stereocenters. The molecule has 0 bridgehead atoms. The van der Waals surface area contributed by atoms with Crippen molar-refractivity contribution in [1.82, 2.24) is 10.2 Å². The van der Waals surface area contributed by atoms with Crippen LogP contribution in [-0.2, 0) is 0 Å². The van der Waals surface area contributed by atoms with E-state index >= 15 is 0 Å². The second-order valence-corrected chi connectivity index (χ2v) is 5.93. The average molecular weight is 224 g/mol. The fourth-order valence-corrected chi connectivity index (χ4v) is 3.16. The number of hydrogen-bond donors (Lipinski definition) is 1. The van der Waals surface area contributed by atoms with Crippen molar-refractivity contribution in [3.63, 3.8) is 0 Å². The van der Waals surface area contributed by atoms with E-state index in [4.69, 9.17) is 0 Å². The average Bonchev–Trinajstić information content (AvgIpc) is 2.32. The van der Waals surface area contributed by atoms with Gasteiger partial charge in [-0.3, -0.25) is 0 Å². The molecule has 2 aliphatic rings. The maximum absolute atomic E-state index is 3.70. The molecule has 0 aromatic heterocycles. The topological polar surface area (TPSA) is 15.3 Å². The third-order valence-electron chi connectivity index (χ3n) is 4.54. The van der Waals surface area contributed by atoms with Crippen LogP contribution in [0.2, 0.25) is 0 Å². The number of rotatable bonds is 3. The first kappa shape index (κ1) is 12.4. The van der Waals surface area contributed by atoms with E-state index < -0.39 is 0 Å². The third kappa shape index (κ3) is 3.46. The molecule has 2 saturated heterocycles. The van der Waals surface area contributed by atoms with Gasteiger partial charge in [0, 0.05) is 12.6 Å². The molecule has 0 spiro atoms. The van der Waals surface area contributed by atoms with Gasteiger partial charge in [-0.15, -0.1) is 0 Å². The van der Waals surface area contributed by atoms with Crippen molar-refractivity contribution in [2.45, 2.75) is 52.0 Å². The summed E-state index contributed by atoms with van der Waals surface area (Å²) in [6.07, 6.45) is 6.98. The van der Waals surface area contributed by atoms with E-state index in [2.05, 4.69) is 24.1 Å². The largest absolute Gasteiger partial charge is 0.313 e. The van der Waals surface area contributed by atoms with Crippen LogP contribution in [0.4, 0.5) is 0 Å². The normalized spacial score (nSPS) is 34.1. The van der Waals surface area contributed by atoms with Crippen LogP contribution in [0.15, 0.2) is 0 Å². The van der Waals surface area contributed by atoms with Crippen LogP contribution >= 0.6 is 0 Å². The minimum absolute atomic E-state index is 0.770. The van der Waals surface area contributed by atoms with Crippen molar-refractivity contribution in [2.24, 2.45) is 11.8 Å². The van der Waals surface area contributed by atoms with Gasteiger partial charge < -0.3 is 10.2 Å². The fraction of sp³-hybridized carbons (Fsp3) is 1.00. The molecule has 2 nitrogen and oxygen atoms in total. The molecule has 0 radical (unpaired) electrons. The molecule has 94 valence electrons. The predicted molar refractivity (Wildman–Crippen MR) is 69.6 cm³/mol. The Kier molecular flexibility index (Phi) is 4.66. The smallest absolute Gasteiger partial charge is 0.0197 e. The van der Waals surface area contributed by atoms with Gasteiger partial charge in [0.25, 0.3) is 0 Å². The number of piperidine rings is 2. The molecule has 16 heavy (non-hydrogen) atoms. The van der Waals surface area contributed by atoms with Crippen molar-refractivity contribution < 1.29 is 0 Å². The van der Waals surface area contributed by atoms with Gasteiger partial charge in [-0.25, -0.2) is 0 Å². The van der Waals surface area contributed by atoms with Gasteiger partial charge in [0.2, 0.25) is 0 Å². The molecule has 2 rings (SSSR count). The monoisotopic (exact) mass is 224 g/mol. The maximum atomic E-state index is 3.70. The Bertz CT molecular complexity index is 197. The number of nitrogens with one attached hydrogen (secondary N) is 1. The van der Waals surface area contributed by atoms with Gasteiger partial charge >= 0.3 is 0 Å². The van der Waals surface area contributed by atoms with E-state index in [0.717, 1.165) is 17.9 Å². The van der Waals surface area contributed by atoms with Gasteiger partial charge in [-0.05, 0) is 57.2 Å². The summed E-state index contributed by atoms with van der Waals surface area (Å²) >= 11 is 0. The zero-order chi connectivity index (χ0) is 11.4. The highest BCUT2D eigenvalue weighted by atomic mass is 15.2. The van der Waals surface area contributed by atoms with Gasteiger partial charge in [-0.2, -0.15) is 0 Å². The van der Waals surface area contributed by atoms with E-state index in [1.165, 1.54) is 58.3 Å². The quantitative estimate of drug-likeness (QED) is 0.792. The van der Waals surface area contributed by atoms with Gasteiger partial charge in [0.1, 0.15) is 0 Å². The summed E-state index contributed by atoms with van der Waals surface area (Å²) in [4.78, 5) is 2.68. The van der Waals surface area contributed by atoms with Crippen LogP contribution < -0.4 is 5.32 Å². The molecule has 2 unspecified atom stereocenters. The van der Waals surface area contributed by atoms with Gasteiger partial charge in [0.05, 0.1) is 0 Å². The van der Waals surface area contributed by atoms with E-state index in [-0.39, 0.29) is 0 Å². The Morgan fingerprint density at radius 2 is 1.94 bits per heavy atom. The molecule has 0 amide bonds. The standard InChI is InChI=1S/C14H28N2/c1-3-13-4-7-15-14(10-13)11-16-8-5-12(2)6-9-16/h12-15H,3-11H2,1-2H3. The summed E-state index contributed by atoms with van der Waals surface area (Å²) in [6, 6.07) is 0.770. The number of hydrogen-bond acceptors (Lipinski definition) is 2. The van der Waals surface area contributed by atoms with Crippen molar-refractivity contribution in [1.29, 1.82) is 0 Å². The van der Waals surface area contributed by atoms with E-state index in [0.29, 0.717) is 0 Å². The first-order chi connectivity index (χ1) is 7.78. The van der Waals surface area contributed by atoms with Crippen molar-refractivity contribution >= 4 is 0 Å².